The summed E-state index contributed by atoms with van der Waals surface area (Å²) >= 11 is 0. The molecule has 3 heterocycles. The monoisotopic (exact) mass is 386 g/mol. The third-order valence-electron chi connectivity index (χ3n) is 4.82. The first-order chi connectivity index (χ1) is 11.4. The molecule has 2 aromatic rings. The average Bonchev–Trinajstić information content (AvgIpc) is 2.85. The number of nitrogens with one attached hydrogen (secondary N) is 4. The number of H-pyrrole nitrogens is 2. The molecule has 2 aliphatic rings. The van der Waals surface area contributed by atoms with Crippen LogP contribution in [0.4, 0.5) is 0 Å². The number of sulfonamides is 1. The van der Waals surface area contributed by atoms with E-state index < -0.39 is 21.3 Å². The van der Waals surface area contributed by atoms with Gasteiger partial charge in [-0.3, -0.25) is 9.78 Å². The van der Waals surface area contributed by atoms with E-state index in [1.54, 1.807) is 0 Å². The maximum Gasteiger partial charge on any atom is 0.326 e. The van der Waals surface area contributed by atoms with E-state index in [9.17, 15) is 18.0 Å². The summed E-state index contributed by atoms with van der Waals surface area (Å²) in [4.78, 5) is 27.7. The van der Waals surface area contributed by atoms with Gasteiger partial charge in [0.25, 0.3) is 5.56 Å². The molecule has 0 aliphatic carbocycles. The number of aromatic nitrogens is 2. The molecule has 2 atom stereocenters. The summed E-state index contributed by atoms with van der Waals surface area (Å²) in [6.07, 6.45) is 3.72. The maximum absolute atomic E-state index is 12.6. The van der Waals surface area contributed by atoms with Crippen LogP contribution in [0.15, 0.2) is 32.7 Å². The van der Waals surface area contributed by atoms with Gasteiger partial charge in [0.2, 0.25) is 10.0 Å². The molecule has 10 heteroatoms. The minimum absolute atomic E-state index is 0. The molecule has 2 unspecified atom stereocenters. The molecule has 136 valence electrons. The second-order valence-corrected chi connectivity index (χ2v) is 8.26. The van der Waals surface area contributed by atoms with Crippen LogP contribution in [-0.2, 0) is 10.0 Å². The van der Waals surface area contributed by atoms with Gasteiger partial charge in [-0.25, -0.2) is 17.9 Å². The zero-order valence-corrected chi connectivity index (χ0v) is 14.9. The van der Waals surface area contributed by atoms with E-state index in [1.165, 1.54) is 18.2 Å². The van der Waals surface area contributed by atoms with Gasteiger partial charge in [0.15, 0.2) is 0 Å². The van der Waals surface area contributed by atoms with Gasteiger partial charge in [0, 0.05) is 18.1 Å². The number of aromatic amines is 2. The quantitative estimate of drug-likeness (QED) is 0.600. The number of fused-ring (bicyclic) bond motifs is 3. The SMILES string of the molecule is Cl.O=c1[nH]c(=O)c2cc(S(=O)(=O)NC3CC4CCC(C3)N4)ccc2[nH]1. The lowest BCUT2D eigenvalue weighted by Gasteiger charge is -2.29. The number of benzene rings is 1. The Balaban J connectivity index is 0.00000182. The van der Waals surface area contributed by atoms with Gasteiger partial charge < -0.3 is 10.3 Å². The van der Waals surface area contributed by atoms with Crippen molar-refractivity contribution in [1.82, 2.24) is 20.0 Å². The Labute approximate surface area is 149 Å². The second-order valence-electron chi connectivity index (χ2n) is 6.54. The largest absolute Gasteiger partial charge is 0.326 e. The highest BCUT2D eigenvalue weighted by atomic mass is 35.5. The van der Waals surface area contributed by atoms with Crippen LogP contribution in [0.5, 0.6) is 0 Å². The molecule has 0 saturated carbocycles. The van der Waals surface area contributed by atoms with E-state index in [1.807, 2.05) is 0 Å². The number of hydrogen-bond donors (Lipinski definition) is 4. The second kappa shape index (κ2) is 6.56. The van der Waals surface area contributed by atoms with Gasteiger partial charge in [-0.05, 0) is 43.9 Å². The summed E-state index contributed by atoms with van der Waals surface area (Å²) in [5.74, 6) is 0. The van der Waals surface area contributed by atoms with Gasteiger partial charge in [0.1, 0.15) is 0 Å². The van der Waals surface area contributed by atoms with Crippen molar-refractivity contribution in [2.45, 2.75) is 48.7 Å². The Kier molecular flexibility index (Phi) is 4.76. The van der Waals surface area contributed by atoms with Crippen molar-refractivity contribution < 1.29 is 8.42 Å². The number of rotatable bonds is 3. The van der Waals surface area contributed by atoms with Crippen LogP contribution in [0.25, 0.3) is 10.9 Å². The number of piperidine rings is 1. The minimum Gasteiger partial charge on any atom is -0.311 e. The molecule has 1 aromatic carbocycles. The highest BCUT2D eigenvalue weighted by Gasteiger charge is 2.35. The van der Waals surface area contributed by atoms with Crippen LogP contribution in [0, 0.1) is 0 Å². The van der Waals surface area contributed by atoms with Crippen molar-refractivity contribution in [2.24, 2.45) is 0 Å². The minimum atomic E-state index is -3.72. The molecule has 0 radical (unpaired) electrons. The fourth-order valence-corrected chi connectivity index (χ4v) is 5.04. The zero-order valence-electron chi connectivity index (χ0n) is 13.2. The Morgan fingerprint density at radius 3 is 2.40 bits per heavy atom. The van der Waals surface area contributed by atoms with Crippen LogP contribution in [-0.4, -0.2) is 36.5 Å². The average molecular weight is 387 g/mol. The van der Waals surface area contributed by atoms with Crippen molar-refractivity contribution in [3.63, 3.8) is 0 Å². The smallest absolute Gasteiger partial charge is 0.311 e. The topological polar surface area (TPSA) is 124 Å². The van der Waals surface area contributed by atoms with Crippen molar-refractivity contribution in [1.29, 1.82) is 0 Å². The molecule has 2 fully saturated rings. The molecule has 4 rings (SSSR count). The maximum atomic E-state index is 12.6. The standard InChI is InChI=1S/C15H18N4O4S.ClH/c20-14-12-7-11(3-4-13(12)17-15(21)18-14)24(22,23)19-10-5-8-1-2-9(6-10)16-8;/h3-4,7-10,16,19H,1-2,5-6H2,(H2,17,18,20,21);1H. The van der Waals surface area contributed by atoms with E-state index in [0.717, 1.165) is 25.7 Å². The molecule has 4 N–H and O–H groups in total. The summed E-state index contributed by atoms with van der Waals surface area (Å²) in [6.45, 7) is 0. The number of halogens is 1. The lowest BCUT2D eigenvalue weighted by atomic mass is 10.0. The van der Waals surface area contributed by atoms with Crippen molar-refractivity contribution in [2.75, 3.05) is 0 Å². The lowest BCUT2D eigenvalue weighted by Crippen LogP contribution is -2.47. The first kappa shape index (κ1) is 18.1. The first-order valence-electron chi connectivity index (χ1n) is 7.95. The molecule has 2 aliphatic heterocycles. The van der Waals surface area contributed by atoms with Gasteiger partial charge in [-0.15, -0.1) is 12.4 Å². The van der Waals surface area contributed by atoms with Crippen molar-refractivity contribution in [3.05, 3.63) is 39.0 Å². The summed E-state index contributed by atoms with van der Waals surface area (Å²) in [6, 6.07) is 4.78. The van der Waals surface area contributed by atoms with Gasteiger partial charge in [-0.1, -0.05) is 0 Å². The highest BCUT2D eigenvalue weighted by Crippen LogP contribution is 2.27. The van der Waals surface area contributed by atoms with Gasteiger partial charge in [-0.2, -0.15) is 0 Å². The molecule has 1 aromatic heterocycles. The summed E-state index contributed by atoms with van der Waals surface area (Å²) in [5, 5.41) is 3.61. The van der Waals surface area contributed by atoms with Crippen LogP contribution < -0.4 is 21.3 Å². The fraction of sp³-hybridized carbons (Fsp3) is 0.467. The predicted octanol–water partition coefficient (Wildman–Crippen LogP) is 0.200. The predicted molar refractivity (Wildman–Crippen MR) is 95.7 cm³/mol. The molecule has 25 heavy (non-hydrogen) atoms. The summed E-state index contributed by atoms with van der Waals surface area (Å²) in [7, 11) is -3.72. The third kappa shape index (κ3) is 3.50. The van der Waals surface area contributed by atoms with Crippen molar-refractivity contribution >= 4 is 33.3 Å². The van der Waals surface area contributed by atoms with Crippen LogP contribution in [0.3, 0.4) is 0 Å². The first-order valence-corrected chi connectivity index (χ1v) is 9.44. The third-order valence-corrected chi connectivity index (χ3v) is 6.33. The van der Waals surface area contributed by atoms with E-state index in [0.29, 0.717) is 17.6 Å². The van der Waals surface area contributed by atoms with E-state index in [2.05, 4.69) is 20.0 Å². The normalized spacial score (nSPS) is 25.7. The highest BCUT2D eigenvalue weighted by molar-refractivity contribution is 7.89. The van der Waals surface area contributed by atoms with Crippen molar-refractivity contribution in [3.8, 4) is 0 Å². The molecule has 8 nitrogen and oxygen atoms in total. The van der Waals surface area contributed by atoms with E-state index in [4.69, 9.17) is 0 Å². The Morgan fingerprint density at radius 2 is 1.72 bits per heavy atom. The zero-order chi connectivity index (χ0) is 16.9. The Bertz CT molecular complexity index is 1000. The van der Waals surface area contributed by atoms with E-state index >= 15 is 0 Å². The van der Waals surface area contributed by atoms with Crippen LogP contribution in [0.2, 0.25) is 0 Å². The molecule has 2 bridgehead atoms. The molecule has 2 saturated heterocycles. The molecular weight excluding hydrogens is 368 g/mol. The molecule has 0 amide bonds. The number of hydrogen-bond acceptors (Lipinski definition) is 5. The molecule has 0 spiro atoms. The summed E-state index contributed by atoms with van der Waals surface area (Å²) in [5.41, 5.74) is -0.917. The Morgan fingerprint density at radius 1 is 1.04 bits per heavy atom. The van der Waals surface area contributed by atoms with Gasteiger partial charge >= 0.3 is 5.69 Å². The van der Waals surface area contributed by atoms with Crippen LogP contribution in [0.1, 0.15) is 25.7 Å². The van der Waals surface area contributed by atoms with Crippen LogP contribution >= 0.6 is 12.4 Å². The molecular formula is C15H19ClN4O4S. The lowest BCUT2D eigenvalue weighted by molar-refractivity contribution is 0.345. The van der Waals surface area contributed by atoms with E-state index in [-0.39, 0.29) is 28.7 Å². The Hall–Kier alpha value is -1.68. The van der Waals surface area contributed by atoms with Gasteiger partial charge in [0.05, 0.1) is 15.8 Å². The summed E-state index contributed by atoms with van der Waals surface area (Å²) < 4.78 is 28.0. The fourth-order valence-electron chi connectivity index (χ4n) is 3.75.